The Kier molecular flexibility index (Phi) is 7.92. The first-order valence-electron chi connectivity index (χ1n) is 7.92. The van der Waals surface area contributed by atoms with E-state index in [0.29, 0.717) is 0 Å². The van der Waals surface area contributed by atoms with Gasteiger partial charge in [-0.15, -0.1) is 0 Å². The third kappa shape index (κ3) is 6.45. The van der Waals surface area contributed by atoms with E-state index in [-0.39, 0.29) is 0 Å². The quantitative estimate of drug-likeness (QED) is 0.648. The van der Waals surface area contributed by atoms with Gasteiger partial charge >= 0.3 is 0 Å². The van der Waals surface area contributed by atoms with Gasteiger partial charge in [-0.2, -0.15) is 0 Å². The topological polar surface area (TPSA) is 3.24 Å². The molecule has 0 saturated heterocycles. The zero-order valence-corrected chi connectivity index (χ0v) is 12.4. The van der Waals surface area contributed by atoms with E-state index < -0.39 is 0 Å². The highest BCUT2D eigenvalue weighted by atomic mass is 15.1. The SMILES string of the molecule is CCCN(C)CCC(C)C1CCCCCCC1. The van der Waals surface area contributed by atoms with Gasteiger partial charge in [-0.1, -0.05) is 58.8 Å². The lowest BCUT2D eigenvalue weighted by molar-refractivity contribution is 0.233. The smallest absolute Gasteiger partial charge is 0.00191 e. The molecule has 1 unspecified atom stereocenters. The summed E-state index contributed by atoms with van der Waals surface area (Å²) >= 11 is 0. The lowest BCUT2D eigenvalue weighted by atomic mass is 9.81. The summed E-state index contributed by atoms with van der Waals surface area (Å²) in [7, 11) is 2.27. The monoisotopic (exact) mass is 239 g/mol. The molecule has 1 aliphatic rings. The molecule has 0 radical (unpaired) electrons. The summed E-state index contributed by atoms with van der Waals surface area (Å²) in [5.74, 6) is 1.96. The zero-order valence-electron chi connectivity index (χ0n) is 12.4. The molecule has 1 rings (SSSR count). The molecule has 0 heterocycles. The van der Waals surface area contributed by atoms with E-state index in [0.717, 1.165) is 11.8 Å². The van der Waals surface area contributed by atoms with E-state index in [9.17, 15) is 0 Å². The van der Waals surface area contributed by atoms with Crippen LogP contribution < -0.4 is 0 Å². The van der Waals surface area contributed by atoms with Gasteiger partial charge in [0.25, 0.3) is 0 Å². The fourth-order valence-electron chi connectivity index (χ4n) is 3.21. The number of hydrogen-bond donors (Lipinski definition) is 0. The minimum Gasteiger partial charge on any atom is -0.306 e. The number of rotatable bonds is 6. The third-order valence-electron chi connectivity index (χ3n) is 4.53. The van der Waals surface area contributed by atoms with Gasteiger partial charge in [-0.25, -0.2) is 0 Å². The van der Waals surface area contributed by atoms with Crippen LogP contribution in [0.3, 0.4) is 0 Å². The molecular formula is C16H33N. The highest BCUT2D eigenvalue weighted by Gasteiger charge is 2.18. The molecule has 1 fully saturated rings. The summed E-state index contributed by atoms with van der Waals surface area (Å²) in [5.41, 5.74) is 0. The lowest BCUT2D eigenvalue weighted by Gasteiger charge is -2.27. The first kappa shape index (κ1) is 15.0. The molecule has 0 aromatic rings. The molecule has 0 amide bonds. The minimum absolute atomic E-state index is 0.937. The summed E-state index contributed by atoms with van der Waals surface area (Å²) in [6.07, 6.45) is 13.1. The van der Waals surface area contributed by atoms with Gasteiger partial charge in [0.1, 0.15) is 0 Å². The average molecular weight is 239 g/mol. The summed E-state index contributed by atoms with van der Waals surface area (Å²) in [4.78, 5) is 2.50. The van der Waals surface area contributed by atoms with Crippen LogP contribution in [0, 0.1) is 11.8 Å². The van der Waals surface area contributed by atoms with E-state index in [1.807, 2.05) is 0 Å². The fraction of sp³-hybridized carbons (Fsp3) is 1.00. The van der Waals surface area contributed by atoms with E-state index in [1.54, 1.807) is 0 Å². The van der Waals surface area contributed by atoms with Crippen molar-refractivity contribution in [3.05, 3.63) is 0 Å². The van der Waals surface area contributed by atoms with E-state index in [2.05, 4.69) is 25.8 Å². The molecule has 0 aromatic carbocycles. The molecule has 0 aromatic heterocycles. The maximum absolute atomic E-state index is 2.50. The van der Waals surface area contributed by atoms with Crippen molar-refractivity contribution in [3.8, 4) is 0 Å². The van der Waals surface area contributed by atoms with Crippen LogP contribution in [0.2, 0.25) is 0 Å². The normalized spacial score (nSPS) is 21.2. The molecule has 0 spiro atoms. The molecule has 0 N–H and O–H groups in total. The van der Waals surface area contributed by atoms with Crippen molar-refractivity contribution in [2.24, 2.45) is 11.8 Å². The molecule has 1 heteroatoms. The van der Waals surface area contributed by atoms with Gasteiger partial charge in [0, 0.05) is 0 Å². The molecule has 0 aliphatic heterocycles. The van der Waals surface area contributed by atoms with Crippen molar-refractivity contribution in [2.75, 3.05) is 20.1 Å². The molecule has 1 atom stereocenters. The highest BCUT2D eigenvalue weighted by Crippen LogP contribution is 2.29. The van der Waals surface area contributed by atoms with Crippen LogP contribution in [0.15, 0.2) is 0 Å². The average Bonchev–Trinajstić information content (AvgIpc) is 2.26. The first-order chi connectivity index (χ1) is 8.24. The van der Waals surface area contributed by atoms with Crippen LogP contribution in [0.4, 0.5) is 0 Å². The Morgan fingerprint density at radius 1 is 1.00 bits per heavy atom. The maximum atomic E-state index is 2.50. The second-order valence-corrected chi connectivity index (χ2v) is 6.17. The van der Waals surface area contributed by atoms with E-state index >= 15 is 0 Å². The molecular weight excluding hydrogens is 206 g/mol. The molecule has 1 saturated carbocycles. The molecule has 1 aliphatic carbocycles. The Morgan fingerprint density at radius 3 is 2.18 bits per heavy atom. The Labute approximate surface area is 109 Å². The molecule has 1 nitrogen and oxygen atoms in total. The standard InChI is InChI=1S/C16H33N/c1-4-13-17(3)14-12-15(2)16-10-8-6-5-7-9-11-16/h15-16H,4-14H2,1-3H3. The van der Waals surface area contributed by atoms with Crippen LogP contribution >= 0.6 is 0 Å². The van der Waals surface area contributed by atoms with Gasteiger partial charge in [0.2, 0.25) is 0 Å². The molecule has 17 heavy (non-hydrogen) atoms. The minimum atomic E-state index is 0.937. The van der Waals surface area contributed by atoms with Gasteiger partial charge < -0.3 is 4.90 Å². The lowest BCUT2D eigenvalue weighted by Crippen LogP contribution is -2.24. The second kappa shape index (κ2) is 8.97. The first-order valence-corrected chi connectivity index (χ1v) is 7.92. The maximum Gasteiger partial charge on any atom is -0.00191 e. The van der Waals surface area contributed by atoms with Crippen molar-refractivity contribution >= 4 is 0 Å². The molecule has 102 valence electrons. The summed E-state index contributed by atoms with van der Waals surface area (Å²) < 4.78 is 0. The number of hydrogen-bond acceptors (Lipinski definition) is 1. The highest BCUT2D eigenvalue weighted by molar-refractivity contribution is 4.70. The fourth-order valence-corrected chi connectivity index (χ4v) is 3.21. The van der Waals surface area contributed by atoms with Crippen LogP contribution in [-0.4, -0.2) is 25.0 Å². The van der Waals surface area contributed by atoms with E-state index in [1.165, 1.54) is 70.9 Å². The zero-order chi connectivity index (χ0) is 12.5. The van der Waals surface area contributed by atoms with Crippen molar-refractivity contribution in [1.29, 1.82) is 0 Å². The predicted octanol–water partition coefficient (Wildman–Crippen LogP) is 4.71. The van der Waals surface area contributed by atoms with Gasteiger partial charge in [0.05, 0.1) is 0 Å². The van der Waals surface area contributed by atoms with Gasteiger partial charge in [-0.3, -0.25) is 0 Å². The summed E-state index contributed by atoms with van der Waals surface area (Å²) in [6.45, 7) is 7.32. The largest absolute Gasteiger partial charge is 0.306 e. The second-order valence-electron chi connectivity index (χ2n) is 6.17. The molecule has 0 bridgehead atoms. The Bertz CT molecular complexity index is 170. The van der Waals surface area contributed by atoms with Gasteiger partial charge in [0.15, 0.2) is 0 Å². The van der Waals surface area contributed by atoms with Crippen molar-refractivity contribution in [3.63, 3.8) is 0 Å². The Morgan fingerprint density at radius 2 is 1.59 bits per heavy atom. The van der Waals surface area contributed by atoms with E-state index in [4.69, 9.17) is 0 Å². The Balaban J connectivity index is 2.21. The van der Waals surface area contributed by atoms with Crippen LogP contribution in [0.1, 0.15) is 71.6 Å². The van der Waals surface area contributed by atoms with Crippen molar-refractivity contribution in [2.45, 2.75) is 71.6 Å². The third-order valence-corrected chi connectivity index (χ3v) is 4.53. The van der Waals surface area contributed by atoms with Crippen molar-refractivity contribution in [1.82, 2.24) is 4.90 Å². The van der Waals surface area contributed by atoms with Crippen LogP contribution in [0.25, 0.3) is 0 Å². The van der Waals surface area contributed by atoms with Crippen LogP contribution in [0.5, 0.6) is 0 Å². The predicted molar refractivity (Wildman–Crippen MR) is 77.4 cm³/mol. The van der Waals surface area contributed by atoms with Crippen molar-refractivity contribution < 1.29 is 0 Å². The summed E-state index contributed by atoms with van der Waals surface area (Å²) in [6, 6.07) is 0. The Hall–Kier alpha value is -0.0400. The summed E-state index contributed by atoms with van der Waals surface area (Å²) in [5, 5.41) is 0. The number of nitrogens with zero attached hydrogens (tertiary/aromatic N) is 1. The van der Waals surface area contributed by atoms with Crippen LogP contribution in [-0.2, 0) is 0 Å². The van der Waals surface area contributed by atoms with Gasteiger partial charge in [-0.05, 0) is 44.8 Å².